The van der Waals surface area contributed by atoms with Crippen molar-refractivity contribution in [2.24, 2.45) is 0 Å². The highest BCUT2D eigenvalue weighted by Gasteiger charge is 2.14. The second-order valence-corrected chi connectivity index (χ2v) is 6.75. The third-order valence-corrected chi connectivity index (χ3v) is 4.67. The number of nitrogens with zero attached hydrogens (tertiary/aromatic N) is 1. The van der Waals surface area contributed by atoms with Crippen molar-refractivity contribution in [2.75, 3.05) is 11.9 Å². The Balaban J connectivity index is 1.45. The SMILES string of the molecule is Cc1occc1C(=O)Nc1nc(CC(=O)NCCc2ccc(F)cc2)cs1. The minimum absolute atomic E-state index is 0.126. The number of furan rings is 1. The lowest BCUT2D eigenvalue weighted by Gasteiger charge is -2.04. The summed E-state index contributed by atoms with van der Waals surface area (Å²) >= 11 is 1.26. The lowest BCUT2D eigenvalue weighted by atomic mass is 10.1. The van der Waals surface area contributed by atoms with Gasteiger partial charge in [0.2, 0.25) is 5.91 Å². The number of carbonyl (C=O) groups excluding carboxylic acids is 2. The van der Waals surface area contributed by atoms with Gasteiger partial charge < -0.3 is 9.73 Å². The van der Waals surface area contributed by atoms with Crippen LogP contribution in [0.4, 0.5) is 9.52 Å². The van der Waals surface area contributed by atoms with Crippen LogP contribution in [0.1, 0.15) is 27.4 Å². The van der Waals surface area contributed by atoms with Crippen LogP contribution in [-0.2, 0) is 17.6 Å². The molecule has 27 heavy (non-hydrogen) atoms. The molecule has 0 saturated carbocycles. The maximum atomic E-state index is 12.9. The van der Waals surface area contributed by atoms with Gasteiger partial charge in [0.1, 0.15) is 11.6 Å². The van der Waals surface area contributed by atoms with E-state index in [0.29, 0.717) is 35.1 Å². The van der Waals surface area contributed by atoms with E-state index in [2.05, 4.69) is 15.6 Å². The minimum atomic E-state index is -0.300. The zero-order valence-corrected chi connectivity index (χ0v) is 15.4. The van der Waals surface area contributed by atoms with E-state index in [1.807, 2.05) is 0 Å². The lowest BCUT2D eigenvalue weighted by Crippen LogP contribution is -2.27. The van der Waals surface area contributed by atoms with Gasteiger partial charge in [0.15, 0.2) is 5.13 Å². The van der Waals surface area contributed by atoms with Crippen molar-refractivity contribution >= 4 is 28.3 Å². The van der Waals surface area contributed by atoms with Gasteiger partial charge >= 0.3 is 0 Å². The molecular weight excluding hydrogens is 369 g/mol. The highest BCUT2D eigenvalue weighted by molar-refractivity contribution is 7.14. The normalized spacial score (nSPS) is 10.6. The van der Waals surface area contributed by atoms with Crippen LogP contribution in [0.15, 0.2) is 46.4 Å². The van der Waals surface area contributed by atoms with Crippen LogP contribution in [0.2, 0.25) is 0 Å². The average Bonchev–Trinajstić information content (AvgIpc) is 3.25. The Hall–Kier alpha value is -3.00. The molecule has 0 unspecified atom stereocenters. The molecule has 0 bridgehead atoms. The first-order valence-corrected chi connectivity index (χ1v) is 9.20. The van der Waals surface area contributed by atoms with E-state index in [1.165, 1.54) is 29.7 Å². The molecule has 1 aromatic carbocycles. The van der Waals surface area contributed by atoms with E-state index >= 15 is 0 Å². The number of nitrogens with one attached hydrogen (secondary N) is 2. The van der Waals surface area contributed by atoms with Gasteiger partial charge in [-0.1, -0.05) is 12.1 Å². The number of carbonyl (C=O) groups is 2. The maximum Gasteiger partial charge on any atom is 0.260 e. The molecule has 0 aliphatic carbocycles. The monoisotopic (exact) mass is 387 g/mol. The summed E-state index contributed by atoms with van der Waals surface area (Å²) in [7, 11) is 0. The van der Waals surface area contributed by atoms with E-state index in [4.69, 9.17) is 4.42 Å². The van der Waals surface area contributed by atoms with Crippen LogP contribution in [0.25, 0.3) is 0 Å². The summed E-state index contributed by atoms with van der Waals surface area (Å²) in [5.74, 6) is -0.209. The fourth-order valence-electron chi connectivity index (χ4n) is 2.45. The van der Waals surface area contributed by atoms with Gasteiger partial charge in [-0.15, -0.1) is 11.3 Å². The van der Waals surface area contributed by atoms with Gasteiger partial charge in [-0.2, -0.15) is 0 Å². The smallest absolute Gasteiger partial charge is 0.260 e. The predicted molar refractivity (Wildman–Crippen MR) is 100 cm³/mol. The molecule has 0 atom stereocenters. The van der Waals surface area contributed by atoms with E-state index in [-0.39, 0.29) is 24.1 Å². The molecule has 0 aliphatic rings. The molecule has 0 spiro atoms. The molecule has 2 aromatic heterocycles. The topological polar surface area (TPSA) is 84.2 Å². The number of benzene rings is 1. The van der Waals surface area contributed by atoms with Crippen molar-refractivity contribution in [1.82, 2.24) is 10.3 Å². The highest BCUT2D eigenvalue weighted by Crippen LogP contribution is 2.18. The van der Waals surface area contributed by atoms with Gasteiger partial charge in [0.25, 0.3) is 5.91 Å². The van der Waals surface area contributed by atoms with Crippen molar-refractivity contribution in [1.29, 1.82) is 0 Å². The summed E-state index contributed by atoms with van der Waals surface area (Å²) in [6, 6.07) is 7.77. The van der Waals surface area contributed by atoms with Crippen molar-refractivity contribution in [3.63, 3.8) is 0 Å². The second kappa shape index (κ2) is 8.59. The number of rotatable bonds is 7. The van der Waals surface area contributed by atoms with E-state index in [9.17, 15) is 14.0 Å². The number of hydrogen-bond donors (Lipinski definition) is 2. The first kappa shape index (κ1) is 18.8. The largest absolute Gasteiger partial charge is 0.469 e. The van der Waals surface area contributed by atoms with E-state index < -0.39 is 0 Å². The number of aromatic nitrogens is 1. The molecule has 0 radical (unpaired) electrons. The molecule has 3 aromatic rings. The molecule has 140 valence electrons. The zero-order chi connectivity index (χ0) is 19.2. The summed E-state index contributed by atoms with van der Waals surface area (Å²) < 4.78 is 18.0. The molecular formula is C19H18FN3O3S. The lowest BCUT2D eigenvalue weighted by molar-refractivity contribution is -0.120. The quantitative estimate of drug-likeness (QED) is 0.651. The van der Waals surface area contributed by atoms with Crippen molar-refractivity contribution in [3.05, 3.63) is 70.4 Å². The Kier molecular flexibility index (Phi) is 5.97. The molecule has 0 aliphatic heterocycles. The fraction of sp³-hybridized carbons (Fsp3) is 0.211. The minimum Gasteiger partial charge on any atom is -0.469 e. The van der Waals surface area contributed by atoms with E-state index in [0.717, 1.165) is 5.56 Å². The third-order valence-electron chi connectivity index (χ3n) is 3.87. The Morgan fingerprint density at radius 1 is 1.22 bits per heavy atom. The summed E-state index contributed by atoms with van der Waals surface area (Å²) in [5.41, 5.74) is 1.98. The number of halogens is 1. The number of aryl methyl sites for hydroxylation is 1. The predicted octanol–water partition coefficient (Wildman–Crippen LogP) is 3.34. The van der Waals surface area contributed by atoms with Crippen molar-refractivity contribution < 1.29 is 18.4 Å². The molecule has 2 N–H and O–H groups in total. The molecule has 6 nitrogen and oxygen atoms in total. The Bertz CT molecular complexity index is 934. The van der Waals surface area contributed by atoms with Crippen LogP contribution in [0.3, 0.4) is 0 Å². The van der Waals surface area contributed by atoms with E-state index in [1.54, 1.807) is 30.5 Å². The summed E-state index contributed by atoms with van der Waals surface area (Å²) in [6.45, 7) is 2.16. The number of hydrogen-bond acceptors (Lipinski definition) is 5. The van der Waals surface area contributed by atoms with Crippen molar-refractivity contribution in [3.8, 4) is 0 Å². The Morgan fingerprint density at radius 3 is 2.70 bits per heavy atom. The molecule has 2 amide bonds. The summed E-state index contributed by atoms with van der Waals surface area (Å²) in [4.78, 5) is 28.4. The number of thiazole rings is 1. The van der Waals surface area contributed by atoms with Gasteiger partial charge in [-0.25, -0.2) is 9.37 Å². The van der Waals surface area contributed by atoms with Gasteiger partial charge in [-0.3, -0.25) is 14.9 Å². The first-order valence-electron chi connectivity index (χ1n) is 8.32. The second-order valence-electron chi connectivity index (χ2n) is 5.89. The number of anilines is 1. The summed E-state index contributed by atoms with van der Waals surface area (Å²) in [5, 5.41) is 7.66. The average molecular weight is 387 g/mol. The van der Waals surface area contributed by atoms with Crippen LogP contribution in [0, 0.1) is 12.7 Å². The maximum absolute atomic E-state index is 12.9. The zero-order valence-electron chi connectivity index (χ0n) is 14.6. The van der Waals surface area contributed by atoms with Crippen LogP contribution >= 0.6 is 11.3 Å². The molecule has 3 rings (SSSR count). The molecule has 2 heterocycles. The standard InChI is InChI=1S/C19H18FN3O3S/c1-12-16(7-9-26-12)18(25)23-19-22-15(11-27-19)10-17(24)21-8-6-13-2-4-14(20)5-3-13/h2-5,7,9,11H,6,8,10H2,1H3,(H,21,24)(H,22,23,25). The third kappa shape index (κ3) is 5.24. The number of amides is 2. The first-order chi connectivity index (χ1) is 13.0. The van der Waals surface area contributed by atoms with Gasteiger partial charge in [0.05, 0.1) is 23.9 Å². The molecule has 8 heteroatoms. The van der Waals surface area contributed by atoms with Gasteiger partial charge in [-0.05, 0) is 37.1 Å². The summed E-state index contributed by atoms with van der Waals surface area (Å²) in [6.07, 6.45) is 2.20. The van der Waals surface area contributed by atoms with Crippen LogP contribution in [0.5, 0.6) is 0 Å². The van der Waals surface area contributed by atoms with Gasteiger partial charge in [0, 0.05) is 11.9 Å². The molecule has 0 fully saturated rings. The molecule has 0 saturated heterocycles. The Labute approximate surface area is 159 Å². The Morgan fingerprint density at radius 2 is 2.00 bits per heavy atom. The van der Waals surface area contributed by atoms with Crippen molar-refractivity contribution in [2.45, 2.75) is 19.8 Å². The fourth-order valence-corrected chi connectivity index (χ4v) is 3.16. The highest BCUT2D eigenvalue weighted by atomic mass is 32.1. The van der Waals surface area contributed by atoms with Crippen LogP contribution < -0.4 is 10.6 Å². The van der Waals surface area contributed by atoms with Crippen LogP contribution in [-0.4, -0.2) is 23.3 Å².